The first-order chi connectivity index (χ1) is 13.0. The Morgan fingerprint density at radius 3 is 2.21 bits per heavy atom. The maximum absolute atomic E-state index is 5.36. The molecule has 0 fully saturated rings. The van der Waals surface area contributed by atoms with Crippen molar-refractivity contribution in [1.29, 1.82) is 0 Å². The molecule has 1 unspecified atom stereocenters. The van der Waals surface area contributed by atoms with E-state index in [-0.39, 0.29) is 30.0 Å². The average molecular weight is 498 g/mol. The van der Waals surface area contributed by atoms with Gasteiger partial charge in [-0.05, 0) is 38.7 Å². The van der Waals surface area contributed by atoms with Crippen LogP contribution >= 0.6 is 24.0 Å². The Morgan fingerprint density at radius 2 is 1.68 bits per heavy atom. The second kappa shape index (κ2) is 11.8. The first kappa shape index (κ1) is 24.0. The maximum Gasteiger partial charge on any atom is 0.195 e. The van der Waals surface area contributed by atoms with Gasteiger partial charge in [0.25, 0.3) is 0 Å². The first-order valence-electron chi connectivity index (χ1n) is 8.91. The van der Waals surface area contributed by atoms with Crippen molar-refractivity contribution >= 4 is 35.6 Å². The zero-order valence-corrected chi connectivity index (χ0v) is 19.8. The van der Waals surface area contributed by atoms with E-state index in [1.54, 1.807) is 21.3 Å². The maximum atomic E-state index is 5.36. The number of hydrogen-bond donors (Lipinski definition) is 2. The van der Waals surface area contributed by atoms with E-state index in [1.165, 1.54) is 11.1 Å². The minimum Gasteiger partial charge on any atom is -0.493 e. The molecule has 0 amide bonds. The number of aliphatic imine (C=N–C) groups is 1. The summed E-state index contributed by atoms with van der Waals surface area (Å²) in [6.45, 7) is 2.82. The lowest BCUT2D eigenvalue weighted by Crippen LogP contribution is -2.38. The van der Waals surface area contributed by atoms with Gasteiger partial charge in [-0.1, -0.05) is 29.8 Å². The van der Waals surface area contributed by atoms with E-state index in [1.807, 2.05) is 18.2 Å². The van der Waals surface area contributed by atoms with E-state index in [0.717, 1.165) is 12.2 Å². The van der Waals surface area contributed by atoms with Crippen LogP contribution in [-0.2, 0) is 0 Å². The van der Waals surface area contributed by atoms with Crippen LogP contribution in [0.3, 0.4) is 0 Å². The second-order valence-corrected chi connectivity index (χ2v) is 6.54. The normalized spacial score (nSPS) is 12.2. The molecule has 0 saturated heterocycles. The SMILES string of the molecule is CN=C(NCC(c1ccc(C)cc1)N(C)C)Nc1ccc(OC)c(OC)c1.I. The monoisotopic (exact) mass is 498 g/mol. The molecule has 0 heterocycles. The fourth-order valence-electron chi connectivity index (χ4n) is 2.81. The third kappa shape index (κ3) is 6.56. The fourth-order valence-corrected chi connectivity index (χ4v) is 2.81. The molecular formula is C21H31IN4O2. The minimum atomic E-state index is 0. The average Bonchev–Trinajstić information content (AvgIpc) is 2.68. The Bertz CT molecular complexity index is 764. The number of methoxy groups -OCH3 is 2. The number of ether oxygens (including phenoxy) is 2. The summed E-state index contributed by atoms with van der Waals surface area (Å²) in [7, 11) is 9.16. The molecule has 2 N–H and O–H groups in total. The van der Waals surface area contributed by atoms with E-state index >= 15 is 0 Å². The Labute approximate surface area is 185 Å². The van der Waals surface area contributed by atoms with Crippen LogP contribution in [0.15, 0.2) is 47.5 Å². The van der Waals surface area contributed by atoms with Gasteiger partial charge < -0.3 is 25.0 Å². The van der Waals surface area contributed by atoms with Crippen molar-refractivity contribution in [3.8, 4) is 11.5 Å². The van der Waals surface area contributed by atoms with Gasteiger partial charge >= 0.3 is 0 Å². The van der Waals surface area contributed by atoms with Gasteiger partial charge in [0.05, 0.1) is 20.3 Å². The molecule has 0 aliphatic rings. The van der Waals surface area contributed by atoms with Gasteiger partial charge in [-0.25, -0.2) is 0 Å². The summed E-state index contributed by atoms with van der Waals surface area (Å²) >= 11 is 0. The molecule has 0 radical (unpaired) electrons. The molecule has 0 aliphatic heterocycles. The highest BCUT2D eigenvalue weighted by molar-refractivity contribution is 14.0. The standard InChI is InChI=1S/C21H30N4O2.HI/c1-15-7-9-16(10-8-15)18(25(3)4)14-23-21(22-2)24-17-11-12-19(26-5)20(13-17)27-6;/h7-13,18H,14H2,1-6H3,(H2,22,23,24);1H. The number of likely N-dealkylation sites (N-methyl/N-ethyl adjacent to an activating group) is 1. The molecule has 154 valence electrons. The molecule has 0 spiro atoms. The molecule has 1 atom stereocenters. The highest BCUT2D eigenvalue weighted by Crippen LogP contribution is 2.29. The Morgan fingerprint density at radius 1 is 1.04 bits per heavy atom. The van der Waals surface area contributed by atoms with Crippen molar-refractivity contribution in [3.05, 3.63) is 53.6 Å². The van der Waals surface area contributed by atoms with Gasteiger partial charge in [-0.2, -0.15) is 0 Å². The second-order valence-electron chi connectivity index (χ2n) is 6.54. The van der Waals surface area contributed by atoms with Crippen molar-refractivity contribution in [3.63, 3.8) is 0 Å². The number of hydrogen-bond acceptors (Lipinski definition) is 4. The number of halogens is 1. The highest BCUT2D eigenvalue weighted by Gasteiger charge is 2.15. The number of guanidine groups is 1. The predicted molar refractivity (Wildman–Crippen MR) is 128 cm³/mol. The summed E-state index contributed by atoms with van der Waals surface area (Å²) in [6.07, 6.45) is 0. The number of rotatable bonds is 7. The van der Waals surface area contributed by atoms with Gasteiger partial charge in [0.2, 0.25) is 0 Å². The van der Waals surface area contributed by atoms with Crippen LogP contribution in [0.4, 0.5) is 5.69 Å². The molecule has 0 aromatic heterocycles. The zero-order chi connectivity index (χ0) is 19.8. The van der Waals surface area contributed by atoms with Crippen LogP contribution in [0.1, 0.15) is 17.2 Å². The molecule has 6 nitrogen and oxygen atoms in total. The Kier molecular flexibility index (Phi) is 10.1. The summed E-state index contributed by atoms with van der Waals surface area (Å²) in [5.41, 5.74) is 3.40. The fraction of sp³-hybridized carbons (Fsp3) is 0.381. The topological polar surface area (TPSA) is 58.1 Å². The molecule has 0 bridgehead atoms. The molecule has 2 aromatic carbocycles. The predicted octanol–water partition coefficient (Wildman–Crippen LogP) is 3.92. The summed E-state index contributed by atoms with van der Waals surface area (Å²) < 4.78 is 10.6. The molecule has 28 heavy (non-hydrogen) atoms. The van der Waals surface area contributed by atoms with Crippen LogP contribution in [0.2, 0.25) is 0 Å². The number of benzene rings is 2. The van der Waals surface area contributed by atoms with E-state index in [4.69, 9.17) is 9.47 Å². The molecular weight excluding hydrogens is 467 g/mol. The van der Waals surface area contributed by atoms with E-state index in [2.05, 4.69) is 65.8 Å². The summed E-state index contributed by atoms with van der Waals surface area (Å²) in [4.78, 5) is 6.52. The molecule has 0 aliphatic carbocycles. The first-order valence-corrected chi connectivity index (χ1v) is 8.91. The van der Waals surface area contributed by atoms with Crippen LogP contribution < -0.4 is 20.1 Å². The van der Waals surface area contributed by atoms with Gasteiger partial charge in [0.1, 0.15) is 0 Å². The Hall–Kier alpha value is -2.00. The van der Waals surface area contributed by atoms with Gasteiger partial charge in [0, 0.05) is 25.3 Å². The van der Waals surface area contributed by atoms with Crippen LogP contribution in [0.5, 0.6) is 11.5 Å². The van der Waals surface area contributed by atoms with Crippen molar-refractivity contribution in [2.24, 2.45) is 4.99 Å². The number of anilines is 1. The lowest BCUT2D eigenvalue weighted by molar-refractivity contribution is 0.299. The summed E-state index contributed by atoms with van der Waals surface area (Å²) in [5, 5.41) is 6.70. The minimum absolute atomic E-state index is 0. The van der Waals surface area contributed by atoms with Crippen molar-refractivity contribution in [2.75, 3.05) is 47.2 Å². The van der Waals surface area contributed by atoms with Crippen LogP contribution in [0.25, 0.3) is 0 Å². The smallest absolute Gasteiger partial charge is 0.195 e. The van der Waals surface area contributed by atoms with Crippen LogP contribution in [0, 0.1) is 6.92 Å². The Balaban J connectivity index is 0.00000392. The molecule has 7 heteroatoms. The molecule has 2 aromatic rings. The highest BCUT2D eigenvalue weighted by atomic mass is 127. The largest absolute Gasteiger partial charge is 0.493 e. The number of aryl methyl sites for hydroxylation is 1. The van der Waals surface area contributed by atoms with Crippen molar-refractivity contribution in [2.45, 2.75) is 13.0 Å². The molecule has 2 rings (SSSR count). The number of nitrogens with zero attached hydrogens (tertiary/aromatic N) is 2. The third-order valence-corrected chi connectivity index (χ3v) is 4.42. The van der Waals surface area contributed by atoms with Gasteiger partial charge in [-0.3, -0.25) is 4.99 Å². The van der Waals surface area contributed by atoms with Gasteiger partial charge in [-0.15, -0.1) is 24.0 Å². The van der Waals surface area contributed by atoms with E-state index in [9.17, 15) is 0 Å². The van der Waals surface area contributed by atoms with Crippen LogP contribution in [-0.4, -0.2) is 52.8 Å². The molecule has 0 saturated carbocycles. The lowest BCUT2D eigenvalue weighted by Gasteiger charge is -2.26. The lowest BCUT2D eigenvalue weighted by atomic mass is 10.0. The summed E-state index contributed by atoms with van der Waals surface area (Å²) in [6, 6.07) is 14.5. The number of nitrogens with one attached hydrogen (secondary N) is 2. The van der Waals surface area contributed by atoms with Crippen molar-refractivity contribution in [1.82, 2.24) is 10.2 Å². The van der Waals surface area contributed by atoms with Crippen molar-refractivity contribution < 1.29 is 9.47 Å². The van der Waals surface area contributed by atoms with E-state index < -0.39 is 0 Å². The zero-order valence-electron chi connectivity index (χ0n) is 17.4. The quantitative estimate of drug-likeness (QED) is 0.345. The van der Waals surface area contributed by atoms with Gasteiger partial charge in [0.15, 0.2) is 17.5 Å². The third-order valence-electron chi connectivity index (χ3n) is 4.42. The van der Waals surface area contributed by atoms with E-state index in [0.29, 0.717) is 17.5 Å². The summed E-state index contributed by atoms with van der Waals surface area (Å²) in [5.74, 6) is 2.06.